The molecule has 1 fully saturated rings. The van der Waals surface area contributed by atoms with Crippen LogP contribution in [0, 0.1) is 5.92 Å². The van der Waals surface area contributed by atoms with Gasteiger partial charge in [-0.3, -0.25) is 4.99 Å². The Morgan fingerprint density at radius 3 is 2.36 bits per heavy atom. The Hall–Kier alpha value is -0.820. The van der Waals surface area contributed by atoms with Crippen molar-refractivity contribution in [2.75, 3.05) is 7.05 Å². The van der Waals surface area contributed by atoms with Gasteiger partial charge in [0, 0.05) is 23.7 Å². The van der Waals surface area contributed by atoms with Crippen LogP contribution in [0.2, 0.25) is 5.02 Å². The molecule has 0 aliphatic heterocycles. The second-order valence-corrected chi connectivity index (χ2v) is 4.18. The van der Waals surface area contributed by atoms with E-state index in [1.165, 1.54) is 30.5 Å². The quantitative estimate of drug-likeness (QED) is 0.658. The van der Waals surface area contributed by atoms with Gasteiger partial charge in [0.1, 0.15) is 0 Å². The monoisotopic (exact) mass is 207 g/mol. The predicted molar refractivity (Wildman–Crippen MR) is 61.3 cm³/mol. The Balaban J connectivity index is 2.23. The normalized spacial score (nSPS) is 18.0. The van der Waals surface area contributed by atoms with E-state index in [2.05, 4.69) is 17.1 Å². The molecule has 1 aliphatic rings. The number of aliphatic imine (C=N–C) groups is 1. The SMILES string of the molecule is CN=C(c1ccc(Cl)cc1)C1CCC1. The zero-order valence-corrected chi connectivity index (χ0v) is 9.09. The van der Waals surface area contributed by atoms with Gasteiger partial charge in [-0.25, -0.2) is 0 Å². The summed E-state index contributed by atoms with van der Waals surface area (Å²) >= 11 is 5.85. The fraction of sp³-hybridized carbons (Fsp3) is 0.417. The van der Waals surface area contributed by atoms with E-state index in [4.69, 9.17) is 11.6 Å². The smallest absolute Gasteiger partial charge is 0.0448 e. The molecule has 0 amide bonds. The number of nitrogens with zero attached hydrogens (tertiary/aromatic N) is 1. The molecule has 0 saturated heterocycles. The minimum atomic E-state index is 0.682. The van der Waals surface area contributed by atoms with Crippen LogP contribution in [0.1, 0.15) is 24.8 Å². The van der Waals surface area contributed by atoms with Gasteiger partial charge in [-0.1, -0.05) is 30.2 Å². The predicted octanol–water partition coefficient (Wildman–Crippen LogP) is 3.56. The molecule has 0 bridgehead atoms. The van der Waals surface area contributed by atoms with E-state index >= 15 is 0 Å². The van der Waals surface area contributed by atoms with Crippen molar-refractivity contribution in [1.29, 1.82) is 0 Å². The third kappa shape index (κ3) is 1.83. The fourth-order valence-corrected chi connectivity index (χ4v) is 1.98. The molecule has 0 atom stereocenters. The third-order valence-corrected chi connectivity index (χ3v) is 3.12. The summed E-state index contributed by atoms with van der Waals surface area (Å²) in [6, 6.07) is 7.98. The summed E-state index contributed by atoms with van der Waals surface area (Å²) in [5.41, 5.74) is 2.47. The lowest BCUT2D eigenvalue weighted by molar-refractivity contribution is 0.414. The zero-order chi connectivity index (χ0) is 9.97. The van der Waals surface area contributed by atoms with Crippen LogP contribution in [-0.4, -0.2) is 12.8 Å². The first-order chi connectivity index (χ1) is 6.81. The average Bonchev–Trinajstić information content (AvgIpc) is 2.13. The lowest BCUT2D eigenvalue weighted by atomic mass is 9.79. The molecule has 1 aromatic carbocycles. The Morgan fingerprint density at radius 1 is 1.29 bits per heavy atom. The molecule has 0 spiro atoms. The van der Waals surface area contributed by atoms with Gasteiger partial charge in [0.25, 0.3) is 0 Å². The van der Waals surface area contributed by atoms with Crippen LogP contribution in [0.3, 0.4) is 0 Å². The standard InChI is InChI=1S/C12H14ClN/c1-14-12(9-3-2-4-9)10-5-7-11(13)8-6-10/h5-9H,2-4H2,1H3. The first kappa shape index (κ1) is 9.72. The maximum atomic E-state index is 5.85. The van der Waals surface area contributed by atoms with Gasteiger partial charge >= 0.3 is 0 Å². The van der Waals surface area contributed by atoms with Gasteiger partial charge in [0.05, 0.1) is 0 Å². The van der Waals surface area contributed by atoms with Crippen molar-refractivity contribution >= 4 is 17.3 Å². The minimum absolute atomic E-state index is 0.682. The molecule has 74 valence electrons. The van der Waals surface area contributed by atoms with Gasteiger partial charge in [0.2, 0.25) is 0 Å². The summed E-state index contributed by atoms with van der Waals surface area (Å²) < 4.78 is 0. The van der Waals surface area contributed by atoms with E-state index < -0.39 is 0 Å². The molecule has 1 saturated carbocycles. The molecule has 0 aromatic heterocycles. The van der Waals surface area contributed by atoms with Gasteiger partial charge in [-0.05, 0) is 30.5 Å². The van der Waals surface area contributed by atoms with E-state index in [1.54, 1.807) is 0 Å². The second-order valence-electron chi connectivity index (χ2n) is 3.74. The first-order valence-corrected chi connectivity index (χ1v) is 5.41. The summed E-state index contributed by atoms with van der Waals surface area (Å²) in [5, 5.41) is 0.790. The lowest BCUT2D eigenvalue weighted by Gasteiger charge is -2.27. The molecule has 14 heavy (non-hydrogen) atoms. The van der Waals surface area contributed by atoms with Gasteiger partial charge < -0.3 is 0 Å². The third-order valence-electron chi connectivity index (χ3n) is 2.87. The Kier molecular flexibility index (Phi) is 2.87. The summed E-state index contributed by atoms with van der Waals surface area (Å²) in [7, 11) is 1.88. The molecular weight excluding hydrogens is 194 g/mol. The summed E-state index contributed by atoms with van der Waals surface area (Å²) in [4.78, 5) is 4.38. The van der Waals surface area contributed by atoms with Crippen LogP contribution in [0.15, 0.2) is 29.3 Å². The highest BCUT2D eigenvalue weighted by Gasteiger charge is 2.23. The molecule has 1 aromatic rings. The van der Waals surface area contributed by atoms with Gasteiger partial charge in [-0.15, -0.1) is 0 Å². The van der Waals surface area contributed by atoms with Crippen molar-refractivity contribution in [2.45, 2.75) is 19.3 Å². The number of hydrogen-bond donors (Lipinski definition) is 0. The highest BCUT2D eigenvalue weighted by atomic mass is 35.5. The van der Waals surface area contributed by atoms with E-state index in [1.807, 2.05) is 19.2 Å². The maximum absolute atomic E-state index is 5.85. The molecule has 2 heteroatoms. The van der Waals surface area contributed by atoms with Crippen molar-refractivity contribution in [3.63, 3.8) is 0 Å². The average molecular weight is 208 g/mol. The number of rotatable bonds is 2. The van der Waals surface area contributed by atoms with Crippen LogP contribution >= 0.6 is 11.6 Å². The van der Waals surface area contributed by atoms with Crippen LogP contribution in [0.25, 0.3) is 0 Å². The van der Waals surface area contributed by atoms with Gasteiger partial charge in [0.15, 0.2) is 0 Å². The van der Waals surface area contributed by atoms with Crippen molar-refractivity contribution in [3.8, 4) is 0 Å². The molecule has 0 unspecified atom stereocenters. The van der Waals surface area contributed by atoms with E-state index in [-0.39, 0.29) is 0 Å². The largest absolute Gasteiger partial charge is 0.292 e. The first-order valence-electron chi connectivity index (χ1n) is 5.04. The van der Waals surface area contributed by atoms with E-state index in [9.17, 15) is 0 Å². The van der Waals surface area contributed by atoms with Crippen molar-refractivity contribution in [2.24, 2.45) is 10.9 Å². The summed E-state index contributed by atoms with van der Waals surface area (Å²) in [6.07, 6.45) is 3.92. The molecule has 0 heterocycles. The van der Waals surface area contributed by atoms with E-state index in [0.717, 1.165) is 5.02 Å². The Labute approximate surface area is 89.8 Å². The highest BCUT2D eigenvalue weighted by Crippen LogP contribution is 2.30. The Bertz CT molecular complexity index is 336. The summed E-state index contributed by atoms with van der Waals surface area (Å²) in [6.45, 7) is 0. The van der Waals surface area contributed by atoms with Crippen LogP contribution in [-0.2, 0) is 0 Å². The maximum Gasteiger partial charge on any atom is 0.0448 e. The van der Waals surface area contributed by atoms with Crippen molar-refractivity contribution < 1.29 is 0 Å². The molecule has 0 N–H and O–H groups in total. The number of benzene rings is 1. The molecule has 0 radical (unpaired) electrons. The number of halogens is 1. The van der Waals surface area contributed by atoms with Crippen molar-refractivity contribution in [3.05, 3.63) is 34.9 Å². The van der Waals surface area contributed by atoms with Gasteiger partial charge in [-0.2, -0.15) is 0 Å². The highest BCUT2D eigenvalue weighted by molar-refractivity contribution is 6.30. The van der Waals surface area contributed by atoms with Crippen molar-refractivity contribution in [1.82, 2.24) is 0 Å². The minimum Gasteiger partial charge on any atom is -0.292 e. The molecule has 1 aliphatic carbocycles. The summed E-state index contributed by atoms with van der Waals surface area (Å²) in [5.74, 6) is 0.682. The number of hydrogen-bond acceptors (Lipinski definition) is 1. The molecule has 1 nitrogen and oxygen atoms in total. The molecule has 2 rings (SSSR count). The zero-order valence-electron chi connectivity index (χ0n) is 8.33. The fourth-order valence-electron chi connectivity index (χ4n) is 1.85. The molecular formula is C12H14ClN. The van der Waals surface area contributed by atoms with E-state index in [0.29, 0.717) is 5.92 Å². The van der Waals surface area contributed by atoms with Crippen LogP contribution < -0.4 is 0 Å². The van der Waals surface area contributed by atoms with Crippen LogP contribution in [0.5, 0.6) is 0 Å². The second kappa shape index (κ2) is 4.14. The topological polar surface area (TPSA) is 12.4 Å². The lowest BCUT2D eigenvalue weighted by Crippen LogP contribution is -2.22. The Morgan fingerprint density at radius 2 is 1.93 bits per heavy atom. The van der Waals surface area contributed by atoms with Crippen LogP contribution in [0.4, 0.5) is 0 Å².